The van der Waals surface area contributed by atoms with Crippen molar-refractivity contribution in [2.24, 2.45) is 10.8 Å². The smallest absolute Gasteiger partial charge is 0.0487 e. The van der Waals surface area contributed by atoms with Crippen molar-refractivity contribution in [3.63, 3.8) is 0 Å². The molecule has 0 unspecified atom stereocenters. The fourth-order valence-electron chi connectivity index (χ4n) is 2.08. The van der Waals surface area contributed by atoms with E-state index in [2.05, 4.69) is 20.8 Å². The highest BCUT2D eigenvalue weighted by Crippen LogP contribution is 2.46. The second kappa shape index (κ2) is 3.37. The van der Waals surface area contributed by atoms with E-state index >= 15 is 0 Å². The van der Waals surface area contributed by atoms with Crippen molar-refractivity contribution < 1.29 is 5.11 Å². The first kappa shape index (κ1) is 10.0. The summed E-state index contributed by atoms with van der Waals surface area (Å²) >= 11 is 0. The van der Waals surface area contributed by atoms with Crippen LogP contribution in [0.25, 0.3) is 0 Å². The molecule has 1 saturated carbocycles. The predicted molar refractivity (Wildman–Crippen MR) is 52.1 cm³/mol. The van der Waals surface area contributed by atoms with Gasteiger partial charge in [-0.15, -0.1) is 0 Å². The summed E-state index contributed by atoms with van der Waals surface area (Å²) in [5.74, 6) is 0. The van der Waals surface area contributed by atoms with Crippen molar-refractivity contribution in [1.82, 2.24) is 0 Å². The number of hydrogen-bond donors (Lipinski definition) is 1. The molecule has 0 radical (unpaired) electrons. The van der Waals surface area contributed by atoms with Crippen LogP contribution >= 0.6 is 0 Å². The molecule has 0 bridgehead atoms. The van der Waals surface area contributed by atoms with Gasteiger partial charge in [-0.2, -0.15) is 0 Å². The Morgan fingerprint density at radius 2 is 1.58 bits per heavy atom. The Labute approximate surface area is 76.2 Å². The lowest BCUT2D eigenvalue weighted by Crippen LogP contribution is -2.33. The summed E-state index contributed by atoms with van der Waals surface area (Å²) in [4.78, 5) is 0. The number of aliphatic hydroxyl groups excluding tert-OH is 1. The van der Waals surface area contributed by atoms with Crippen molar-refractivity contribution >= 4 is 0 Å². The largest absolute Gasteiger partial charge is 0.396 e. The Balaban J connectivity index is 2.53. The van der Waals surface area contributed by atoms with E-state index in [1.807, 2.05) is 0 Å². The van der Waals surface area contributed by atoms with Crippen molar-refractivity contribution in [3.8, 4) is 0 Å². The highest BCUT2D eigenvalue weighted by molar-refractivity contribution is 4.87. The van der Waals surface area contributed by atoms with Crippen molar-refractivity contribution in [1.29, 1.82) is 0 Å². The zero-order valence-corrected chi connectivity index (χ0v) is 8.69. The van der Waals surface area contributed by atoms with Crippen molar-refractivity contribution in [2.75, 3.05) is 6.61 Å². The van der Waals surface area contributed by atoms with Crippen molar-refractivity contribution in [2.45, 2.75) is 52.9 Å². The van der Waals surface area contributed by atoms with Crippen LogP contribution in [0.5, 0.6) is 0 Å². The fraction of sp³-hybridized carbons (Fsp3) is 1.00. The molecule has 1 rings (SSSR count). The minimum Gasteiger partial charge on any atom is -0.396 e. The van der Waals surface area contributed by atoms with Gasteiger partial charge >= 0.3 is 0 Å². The fourth-order valence-corrected chi connectivity index (χ4v) is 2.08. The Morgan fingerprint density at radius 3 is 1.92 bits per heavy atom. The van der Waals surface area contributed by atoms with Gasteiger partial charge in [-0.25, -0.2) is 0 Å². The summed E-state index contributed by atoms with van der Waals surface area (Å²) in [6, 6.07) is 0. The monoisotopic (exact) mass is 170 g/mol. The maximum absolute atomic E-state index is 9.31. The summed E-state index contributed by atoms with van der Waals surface area (Å²) in [5.41, 5.74) is 0.795. The number of rotatable bonds is 2. The van der Waals surface area contributed by atoms with Gasteiger partial charge < -0.3 is 5.11 Å². The molecular formula is C11H22O. The van der Waals surface area contributed by atoms with E-state index in [4.69, 9.17) is 0 Å². The Kier molecular flexibility index (Phi) is 2.82. The van der Waals surface area contributed by atoms with Crippen LogP contribution in [0.15, 0.2) is 0 Å². The SMILES string of the molecule is CCC1(CO)CCC(C)(C)CC1. The molecule has 0 amide bonds. The molecule has 72 valence electrons. The second-order valence-corrected chi connectivity index (χ2v) is 5.18. The third-order valence-corrected chi connectivity index (χ3v) is 3.75. The Hall–Kier alpha value is -0.0400. The minimum absolute atomic E-state index is 0.273. The summed E-state index contributed by atoms with van der Waals surface area (Å²) < 4.78 is 0. The van der Waals surface area contributed by atoms with E-state index in [1.165, 1.54) is 25.7 Å². The lowest BCUT2D eigenvalue weighted by Gasteiger charge is -2.42. The number of aliphatic hydroxyl groups is 1. The highest BCUT2D eigenvalue weighted by atomic mass is 16.3. The first-order valence-corrected chi connectivity index (χ1v) is 5.14. The molecule has 12 heavy (non-hydrogen) atoms. The molecular weight excluding hydrogens is 148 g/mol. The van der Waals surface area contributed by atoms with E-state index in [-0.39, 0.29) is 5.41 Å². The van der Waals surface area contributed by atoms with Crippen LogP contribution in [0, 0.1) is 10.8 Å². The van der Waals surface area contributed by atoms with Crippen LogP contribution in [-0.4, -0.2) is 11.7 Å². The lowest BCUT2D eigenvalue weighted by atomic mass is 9.64. The molecule has 1 nitrogen and oxygen atoms in total. The van der Waals surface area contributed by atoms with Crippen molar-refractivity contribution in [3.05, 3.63) is 0 Å². The van der Waals surface area contributed by atoms with Gasteiger partial charge in [-0.1, -0.05) is 20.8 Å². The maximum atomic E-state index is 9.31. The third kappa shape index (κ3) is 2.01. The first-order chi connectivity index (χ1) is 5.54. The molecule has 1 heteroatoms. The molecule has 1 N–H and O–H groups in total. The molecule has 0 aromatic rings. The summed E-state index contributed by atoms with van der Waals surface area (Å²) in [6.45, 7) is 7.27. The molecule has 0 aromatic carbocycles. The Bertz CT molecular complexity index is 133. The molecule has 0 saturated heterocycles. The van der Waals surface area contributed by atoms with Gasteiger partial charge in [-0.3, -0.25) is 0 Å². The lowest BCUT2D eigenvalue weighted by molar-refractivity contribution is 0.0373. The normalized spacial score (nSPS) is 27.0. The van der Waals surface area contributed by atoms with Gasteiger partial charge in [0.05, 0.1) is 0 Å². The molecule has 0 aromatic heterocycles. The third-order valence-electron chi connectivity index (χ3n) is 3.75. The zero-order chi connectivity index (χ0) is 9.24. The number of hydrogen-bond acceptors (Lipinski definition) is 1. The van der Waals surface area contributed by atoms with Crippen LogP contribution < -0.4 is 0 Å². The van der Waals surface area contributed by atoms with Gasteiger partial charge in [-0.05, 0) is 42.9 Å². The summed E-state index contributed by atoms with van der Waals surface area (Å²) in [7, 11) is 0. The van der Waals surface area contributed by atoms with Gasteiger partial charge in [0, 0.05) is 6.61 Å². The summed E-state index contributed by atoms with van der Waals surface area (Å²) in [6.07, 6.45) is 6.13. The van der Waals surface area contributed by atoms with Crippen LogP contribution in [0.1, 0.15) is 52.9 Å². The minimum atomic E-state index is 0.273. The van der Waals surface area contributed by atoms with Gasteiger partial charge in [0.25, 0.3) is 0 Å². The van der Waals surface area contributed by atoms with Gasteiger partial charge in [0.1, 0.15) is 0 Å². The molecule has 1 aliphatic carbocycles. The summed E-state index contributed by atoms with van der Waals surface area (Å²) in [5, 5.41) is 9.31. The average Bonchev–Trinajstić information content (AvgIpc) is 2.06. The van der Waals surface area contributed by atoms with E-state index in [1.54, 1.807) is 0 Å². The zero-order valence-electron chi connectivity index (χ0n) is 8.69. The van der Waals surface area contributed by atoms with Gasteiger partial charge in [0.15, 0.2) is 0 Å². The molecule has 1 aliphatic rings. The molecule has 0 spiro atoms. The quantitative estimate of drug-likeness (QED) is 0.675. The van der Waals surface area contributed by atoms with Crippen LogP contribution in [0.3, 0.4) is 0 Å². The van der Waals surface area contributed by atoms with E-state index in [9.17, 15) is 5.11 Å². The standard InChI is InChI=1S/C11H22O/c1-4-11(9-12)7-5-10(2,3)6-8-11/h12H,4-9H2,1-3H3. The highest BCUT2D eigenvalue weighted by Gasteiger charge is 2.36. The molecule has 0 aliphatic heterocycles. The van der Waals surface area contributed by atoms with Crippen LogP contribution in [-0.2, 0) is 0 Å². The van der Waals surface area contributed by atoms with Crippen LogP contribution in [0.4, 0.5) is 0 Å². The predicted octanol–water partition coefficient (Wildman–Crippen LogP) is 2.98. The topological polar surface area (TPSA) is 20.2 Å². The van der Waals surface area contributed by atoms with Crippen LogP contribution in [0.2, 0.25) is 0 Å². The van der Waals surface area contributed by atoms with E-state index in [0.717, 1.165) is 6.42 Å². The maximum Gasteiger partial charge on any atom is 0.0487 e. The molecule has 0 heterocycles. The Morgan fingerprint density at radius 1 is 1.08 bits per heavy atom. The molecule has 0 atom stereocenters. The first-order valence-electron chi connectivity index (χ1n) is 5.14. The molecule has 1 fully saturated rings. The average molecular weight is 170 g/mol. The van der Waals surface area contributed by atoms with Gasteiger partial charge in [0.2, 0.25) is 0 Å². The van der Waals surface area contributed by atoms with E-state index in [0.29, 0.717) is 12.0 Å². The second-order valence-electron chi connectivity index (χ2n) is 5.18. The van der Waals surface area contributed by atoms with E-state index < -0.39 is 0 Å².